The quantitative estimate of drug-likeness (QED) is 0.814. The molecule has 0 fully saturated rings. The van der Waals surface area contributed by atoms with Crippen LogP contribution in [-0.2, 0) is 0 Å². The van der Waals surface area contributed by atoms with E-state index in [4.69, 9.17) is 10.5 Å². The molecule has 0 saturated carbocycles. The average molecular weight is 239 g/mol. The van der Waals surface area contributed by atoms with Crippen LogP contribution in [0.3, 0.4) is 0 Å². The molecule has 0 aliphatic carbocycles. The van der Waals surface area contributed by atoms with Crippen LogP contribution in [0.4, 0.5) is 18.9 Å². The summed E-state index contributed by atoms with van der Waals surface area (Å²) in [4.78, 5) is 0. The van der Waals surface area contributed by atoms with Crippen molar-refractivity contribution in [1.82, 2.24) is 0 Å². The van der Waals surface area contributed by atoms with Crippen molar-refractivity contribution < 1.29 is 17.9 Å². The van der Waals surface area contributed by atoms with Crippen molar-refractivity contribution in [1.29, 1.82) is 0 Å². The molecule has 0 radical (unpaired) electrons. The van der Waals surface area contributed by atoms with Gasteiger partial charge in [-0.05, 0) is 24.3 Å². The highest BCUT2D eigenvalue weighted by Gasteiger charge is 2.11. The zero-order chi connectivity index (χ0) is 12.4. The minimum Gasteiger partial charge on any atom is -0.452 e. The minimum absolute atomic E-state index is 0.00802. The first-order valence-electron chi connectivity index (χ1n) is 4.75. The fraction of sp³-hybridized carbons (Fsp3) is 0. The molecule has 0 atom stereocenters. The Hall–Kier alpha value is -2.17. The van der Waals surface area contributed by atoms with Crippen LogP contribution in [0.25, 0.3) is 0 Å². The molecule has 0 amide bonds. The van der Waals surface area contributed by atoms with Crippen molar-refractivity contribution >= 4 is 5.69 Å². The summed E-state index contributed by atoms with van der Waals surface area (Å²) < 4.78 is 44.0. The average Bonchev–Trinajstić information content (AvgIpc) is 2.28. The monoisotopic (exact) mass is 239 g/mol. The highest BCUT2D eigenvalue weighted by atomic mass is 19.2. The van der Waals surface area contributed by atoms with E-state index in [1.165, 1.54) is 18.2 Å². The Bertz CT molecular complexity index is 557. The SMILES string of the molecule is Nc1cc(F)ccc1Oc1cccc(F)c1F. The maximum Gasteiger partial charge on any atom is 0.201 e. The number of hydrogen-bond donors (Lipinski definition) is 1. The van der Waals surface area contributed by atoms with E-state index >= 15 is 0 Å². The van der Waals surface area contributed by atoms with Crippen molar-refractivity contribution in [2.24, 2.45) is 0 Å². The van der Waals surface area contributed by atoms with E-state index in [0.717, 1.165) is 18.2 Å². The third-order valence-electron chi connectivity index (χ3n) is 2.11. The predicted octanol–water partition coefficient (Wildman–Crippen LogP) is 3.48. The highest BCUT2D eigenvalue weighted by Crippen LogP contribution is 2.30. The van der Waals surface area contributed by atoms with E-state index in [1.54, 1.807) is 0 Å². The first kappa shape index (κ1) is 11.3. The molecule has 17 heavy (non-hydrogen) atoms. The lowest BCUT2D eigenvalue weighted by Crippen LogP contribution is -1.95. The molecule has 2 nitrogen and oxygen atoms in total. The van der Waals surface area contributed by atoms with Crippen molar-refractivity contribution in [3.05, 3.63) is 53.8 Å². The maximum absolute atomic E-state index is 13.3. The van der Waals surface area contributed by atoms with Crippen LogP contribution in [0.5, 0.6) is 11.5 Å². The number of nitrogen functional groups attached to an aromatic ring is 1. The summed E-state index contributed by atoms with van der Waals surface area (Å²) in [5.74, 6) is -2.91. The van der Waals surface area contributed by atoms with E-state index in [2.05, 4.69) is 0 Å². The summed E-state index contributed by atoms with van der Waals surface area (Å²) in [7, 11) is 0. The van der Waals surface area contributed by atoms with Gasteiger partial charge in [0.2, 0.25) is 5.82 Å². The van der Waals surface area contributed by atoms with E-state index in [0.29, 0.717) is 0 Å². The van der Waals surface area contributed by atoms with Gasteiger partial charge in [-0.3, -0.25) is 0 Å². The molecule has 2 rings (SSSR count). The first-order chi connectivity index (χ1) is 8.08. The van der Waals surface area contributed by atoms with Crippen LogP contribution >= 0.6 is 0 Å². The number of halogens is 3. The van der Waals surface area contributed by atoms with Gasteiger partial charge in [-0.1, -0.05) is 6.07 Å². The molecule has 88 valence electrons. The fourth-order valence-electron chi connectivity index (χ4n) is 1.29. The minimum atomic E-state index is -1.11. The maximum atomic E-state index is 13.3. The Labute approximate surface area is 95.4 Å². The second kappa shape index (κ2) is 4.37. The molecular weight excluding hydrogens is 231 g/mol. The van der Waals surface area contributed by atoms with Crippen molar-refractivity contribution in [3.63, 3.8) is 0 Å². The zero-order valence-electron chi connectivity index (χ0n) is 8.58. The van der Waals surface area contributed by atoms with Gasteiger partial charge in [0.05, 0.1) is 5.69 Å². The molecular formula is C12H8F3NO. The smallest absolute Gasteiger partial charge is 0.201 e. The molecule has 0 aromatic heterocycles. The van der Waals surface area contributed by atoms with Gasteiger partial charge in [-0.25, -0.2) is 8.78 Å². The summed E-state index contributed by atoms with van der Waals surface area (Å²) >= 11 is 0. The van der Waals surface area contributed by atoms with Gasteiger partial charge in [-0.2, -0.15) is 4.39 Å². The van der Waals surface area contributed by atoms with Crippen LogP contribution in [0.1, 0.15) is 0 Å². The third kappa shape index (κ3) is 2.33. The Morgan fingerprint density at radius 1 is 0.941 bits per heavy atom. The standard InChI is InChI=1S/C12H8F3NO/c13-7-4-5-10(9(16)6-7)17-11-3-1-2-8(14)12(11)15/h1-6H,16H2. The topological polar surface area (TPSA) is 35.2 Å². The van der Waals surface area contributed by atoms with Crippen LogP contribution in [0.15, 0.2) is 36.4 Å². The molecule has 0 heterocycles. The van der Waals surface area contributed by atoms with Crippen LogP contribution < -0.4 is 10.5 Å². The normalized spacial score (nSPS) is 10.3. The van der Waals surface area contributed by atoms with Gasteiger partial charge < -0.3 is 10.5 Å². The van der Waals surface area contributed by atoms with Crippen LogP contribution in [-0.4, -0.2) is 0 Å². The van der Waals surface area contributed by atoms with Crippen molar-refractivity contribution in [2.75, 3.05) is 5.73 Å². The molecule has 2 N–H and O–H groups in total. The number of ether oxygens (including phenoxy) is 1. The summed E-state index contributed by atoms with van der Waals surface area (Å²) in [6, 6.07) is 6.91. The summed E-state index contributed by atoms with van der Waals surface area (Å²) in [6.45, 7) is 0. The zero-order valence-corrected chi connectivity index (χ0v) is 8.58. The number of rotatable bonds is 2. The Balaban J connectivity index is 2.35. The second-order valence-corrected chi connectivity index (χ2v) is 3.34. The number of benzene rings is 2. The molecule has 0 aliphatic rings. The molecule has 0 unspecified atom stereocenters. The molecule has 0 spiro atoms. The molecule has 2 aromatic rings. The largest absolute Gasteiger partial charge is 0.452 e. The van der Waals surface area contributed by atoms with E-state index in [9.17, 15) is 13.2 Å². The van der Waals surface area contributed by atoms with Gasteiger partial charge in [0, 0.05) is 6.07 Å². The number of hydrogen-bond acceptors (Lipinski definition) is 2. The van der Waals surface area contributed by atoms with Gasteiger partial charge in [-0.15, -0.1) is 0 Å². The van der Waals surface area contributed by atoms with E-state index < -0.39 is 17.5 Å². The summed E-state index contributed by atoms with van der Waals surface area (Å²) in [5, 5.41) is 0. The number of nitrogens with two attached hydrogens (primary N) is 1. The fourth-order valence-corrected chi connectivity index (χ4v) is 1.29. The molecule has 0 saturated heterocycles. The first-order valence-corrected chi connectivity index (χ1v) is 4.75. The van der Waals surface area contributed by atoms with Gasteiger partial charge in [0.15, 0.2) is 17.3 Å². The van der Waals surface area contributed by atoms with Crippen molar-refractivity contribution in [2.45, 2.75) is 0 Å². The highest BCUT2D eigenvalue weighted by molar-refractivity contribution is 5.54. The third-order valence-corrected chi connectivity index (χ3v) is 2.11. The van der Waals surface area contributed by atoms with Crippen LogP contribution in [0, 0.1) is 17.5 Å². The predicted molar refractivity (Wildman–Crippen MR) is 57.2 cm³/mol. The Kier molecular flexibility index (Phi) is 2.91. The molecule has 0 aliphatic heterocycles. The Morgan fingerprint density at radius 2 is 1.71 bits per heavy atom. The van der Waals surface area contributed by atoms with Crippen molar-refractivity contribution in [3.8, 4) is 11.5 Å². The van der Waals surface area contributed by atoms with Gasteiger partial charge in [0.25, 0.3) is 0 Å². The molecule has 5 heteroatoms. The lowest BCUT2D eigenvalue weighted by molar-refractivity contribution is 0.417. The Morgan fingerprint density at radius 3 is 2.41 bits per heavy atom. The lowest BCUT2D eigenvalue weighted by Gasteiger charge is -2.09. The van der Waals surface area contributed by atoms with E-state index in [-0.39, 0.29) is 17.2 Å². The van der Waals surface area contributed by atoms with Gasteiger partial charge in [0.1, 0.15) is 5.82 Å². The lowest BCUT2D eigenvalue weighted by atomic mass is 10.3. The second-order valence-electron chi connectivity index (χ2n) is 3.34. The van der Waals surface area contributed by atoms with E-state index in [1.807, 2.05) is 0 Å². The van der Waals surface area contributed by atoms with Gasteiger partial charge >= 0.3 is 0 Å². The molecule has 0 bridgehead atoms. The summed E-state index contributed by atoms with van der Waals surface area (Å²) in [6.07, 6.45) is 0. The number of anilines is 1. The summed E-state index contributed by atoms with van der Waals surface area (Å²) in [5.41, 5.74) is 5.48. The molecule has 2 aromatic carbocycles. The van der Waals surface area contributed by atoms with Crippen LogP contribution in [0.2, 0.25) is 0 Å².